The Bertz CT molecular complexity index is 845. The summed E-state index contributed by atoms with van der Waals surface area (Å²) in [6, 6.07) is 10.9. The van der Waals surface area contributed by atoms with E-state index in [1.165, 1.54) is 10.9 Å². The summed E-state index contributed by atoms with van der Waals surface area (Å²) in [6.07, 6.45) is 0. The lowest BCUT2D eigenvalue weighted by Gasteiger charge is -2.37. The van der Waals surface area contributed by atoms with Crippen molar-refractivity contribution in [2.45, 2.75) is 26.4 Å². The molecule has 0 bridgehead atoms. The Balaban J connectivity index is 1.66. The fourth-order valence-corrected chi connectivity index (χ4v) is 3.90. The molecule has 1 aromatic heterocycles. The van der Waals surface area contributed by atoms with Crippen LogP contribution in [0, 0.1) is 5.92 Å². The van der Waals surface area contributed by atoms with E-state index in [1.807, 2.05) is 32.1 Å². The molecule has 1 fully saturated rings. The molecule has 1 saturated heterocycles. The van der Waals surface area contributed by atoms with Crippen molar-refractivity contribution in [3.05, 3.63) is 35.9 Å². The third-order valence-corrected chi connectivity index (χ3v) is 5.68. The number of anilines is 1. The van der Waals surface area contributed by atoms with Gasteiger partial charge in [0.25, 0.3) is 0 Å². The minimum absolute atomic E-state index is 0.453. The van der Waals surface area contributed by atoms with E-state index in [9.17, 15) is 0 Å². The van der Waals surface area contributed by atoms with Crippen LogP contribution in [0.4, 0.5) is 5.82 Å². The van der Waals surface area contributed by atoms with Crippen LogP contribution in [0.5, 0.6) is 0 Å². The predicted octanol–water partition coefficient (Wildman–Crippen LogP) is 2.32. The van der Waals surface area contributed by atoms with Crippen LogP contribution < -0.4 is 15.5 Å². The molecule has 0 amide bonds. The molecule has 0 radical (unpaired) electrons. The van der Waals surface area contributed by atoms with Crippen LogP contribution in [0.1, 0.15) is 19.4 Å². The van der Waals surface area contributed by atoms with Crippen LogP contribution >= 0.6 is 0 Å². The molecule has 164 valence electrons. The Hall–Kier alpha value is -2.38. The Morgan fingerprint density at radius 1 is 1.20 bits per heavy atom. The molecule has 0 spiro atoms. The van der Waals surface area contributed by atoms with Crippen molar-refractivity contribution in [2.75, 3.05) is 58.9 Å². The van der Waals surface area contributed by atoms with E-state index in [0.29, 0.717) is 18.5 Å². The number of rotatable bonds is 7. The largest absolute Gasteiger partial charge is 0.379 e. The number of para-hydroxylation sites is 1. The van der Waals surface area contributed by atoms with Crippen molar-refractivity contribution >= 4 is 22.7 Å². The Morgan fingerprint density at radius 3 is 2.60 bits per heavy atom. The van der Waals surface area contributed by atoms with Crippen molar-refractivity contribution < 1.29 is 4.74 Å². The monoisotopic (exact) mass is 412 g/mol. The van der Waals surface area contributed by atoms with Crippen molar-refractivity contribution in [3.8, 4) is 0 Å². The number of hydrogen-bond acceptors (Lipinski definition) is 5. The van der Waals surface area contributed by atoms with Crippen LogP contribution in [0.2, 0.25) is 0 Å². The van der Waals surface area contributed by atoms with Crippen molar-refractivity contribution in [2.24, 2.45) is 10.9 Å². The molecule has 2 N–H and O–H groups in total. The van der Waals surface area contributed by atoms with E-state index < -0.39 is 0 Å². The molecular formula is C23H36N6O. The number of guanidine groups is 1. The number of nitrogens with one attached hydrogen (secondary N) is 2. The number of hydrogen-bond donors (Lipinski definition) is 2. The average molecular weight is 413 g/mol. The summed E-state index contributed by atoms with van der Waals surface area (Å²) in [5.74, 6) is 2.34. The number of nitrogens with zero attached hydrogens (tertiary/aromatic N) is 4. The van der Waals surface area contributed by atoms with E-state index in [-0.39, 0.29) is 0 Å². The van der Waals surface area contributed by atoms with Crippen molar-refractivity contribution in [1.82, 2.24) is 20.5 Å². The second kappa shape index (κ2) is 10.6. The Labute approximate surface area is 180 Å². The number of aliphatic imine (C=N–C) groups is 1. The molecule has 7 heteroatoms. The molecule has 0 aliphatic carbocycles. The van der Waals surface area contributed by atoms with E-state index in [4.69, 9.17) is 9.72 Å². The van der Waals surface area contributed by atoms with Gasteiger partial charge in [0.2, 0.25) is 0 Å². The summed E-state index contributed by atoms with van der Waals surface area (Å²) in [5.41, 5.74) is 2.22. The molecule has 30 heavy (non-hydrogen) atoms. The van der Waals surface area contributed by atoms with Crippen molar-refractivity contribution in [1.29, 1.82) is 0 Å². The minimum Gasteiger partial charge on any atom is -0.379 e. The minimum atomic E-state index is 0.453. The Kier molecular flexibility index (Phi) is 7.87. The lowest BCUT2D eigenvalue weighted by molar-refractivity contribution is 0.00752. The fraction of sp³-hybridized carbons (Fsp3) is 0.565. The zero-order chi connectivity index (χ0) is 21.5. The normalized spacial score (nSPS) is 16.7. The first-order valence-electron chi connectivity index (χ1n) is 10.8. The van der Waals surface area contributed by atoms with Crippen LogP contribution in [0.3, 0.4) is 0 Å². The highest BCUT2D eigenvalue weighted by Gasteiger charge is 2.23. The summed E-state index contributed by atoms with van der Waals surface area (Å²) in [4.78, 5) is 13.8. The van der Waals surface area contributed by atoms with Gasteiger partial charge >= 0.3 is 0 Å². The summed E-state index contributed by atoms with van der Waals surface area (Å²) >= 11 is 0. The van der Waals surface area contributed by atoms with Crippen LogP contribution in [0.25, 0.3) is 10.9 Å². The lowest BCUT2D eigenvalue weighted by Crippen LogP contribution is -2.52. The van der Waals surface area contributed by atoms with Gasteiger partial charge in [-0.15, -0.1) is 0 Å². The third-order valence-electron chi connectivity index (χ3n) is 5.68. The first kappa shape index (κ1) is 22.3. The van der Waals surface area contributed by atoms with Crippen LogP contribution in [-0.2, 0) is 11.3 Å². The predicted molar refractivity (Wildman–Crippen MR) is 125 cm³/mol. The summed E-state index contributed by atoms with van der Waals surface area (Å²) in [6.45, 7) is 9.73. The summed E-state index contributed by atoms with van der Waals surface area (Å²) < 4.78 is 5.52. The van der Waals surface area contributed by atoms with E-state index in [2.05, 4.69) is 58.6 Å². The summed E-state index contributed by atoms with van der Waals surface area (Å²) in [7, 11) is 5.86. The van der Waals surface area contributed by atoms with Gasteiger partial charge in [-0.3, -0.25) is 9.89 Å². The highest BCUT2D eigenvalue weighted by Crippen LogP contribution is 2.22. The van der Waals surface area contributed by atoms with Gasteiger partial charge in [-0.05, 0) is 23.6 Å². The molecule has 1 unspecified atom stereocenters. The maximum Gasteiger partial charge on any atom is 0.191 e. The van der Waals surface area contributed by atoms with E-state index >= 15 is 0 Å². The van der Waals surface area contributed by atoms with Crippen LogP contribution in [0.15, 0.2) is 35.3 Å². The maximum absolute atomic E-state index is 5.52. The number of ether oxygens (including phenoxy) is 1. The molecule has 3 rings (SSSR count). The zero-order valence-corrected chi connectivity index (χ0v) is 19.0. The van der Waals surface area contributed by atoms with Gasteiger partial charge in [0.15, 0.2) is 5.96 Å². The number of pyridine rings is 1. The highest BCUT2D eigenvalue weighted by atomic mass is 16.5. The highest BCUT2D eigenvalue weighted by molar-refractivity contribution is 5.85. The molecule has 7 nitrogen and oxygen atoms in total. The fourth-order valence-electron chi connectivity index (χ4n) is 3.90. The van der Waals surface area contributed by atoms with Gasteiger partial charge in [0.05, 0.1) is 18.7 Å². The second-order valence-electron chi connectivity index (χ2n) is 8.32. The standard InChI is InChI=1S/C23H36N6O/c1-17(2)21(29-10-12-30-13-11-29)16-26-23(24-3)25-15-18-14-22(28(4)5)27-20-9-7-6-8-19(18)20/h6-9,14,17,21H,10-13,15-16H2,1-5H3,(H2,24,25,26). The van der Waals surface area contributed by atoms with Crippen molar-refractivity contribution in [3.63, 3.8) is 0 Å². The van der Waals surface area contributed by atoms with Crippen LogP contribution in [-0.4, -0.2) is 75.9 Å². The van der Waals surface area contributed by atoms with Gasteiger partial charge in [-0.25, -0.2) is 4.98 Å². The number of benzene rings is 1. The molecule has 2 aromatic rings. The molecule has 1 atom stereocenters. The zero-order valence-electron chi connectivity index (χ0n) is 19.0. The Morgan fingerprint density at radius 2 is 1.93 bits per heavy atom. The average Bonchev–Trinajstić information content (AvgIpc) is 2.76. The molecule has 1 aromatic carbocycles. The third kappa shape index (κ3) is 5.61. The second-order valence-corrected chi connectivity index (χ2v) is 8.32. The lowest BCUT2D eigenvalue weighted by atomic mass is 10.0. The van der Waals surface area contributed by atoms with E-state index in [0.717, 1.165) is 50.1 Å². The van der Waals surface area contributed by atoms with Gasteiger partial charge in [-0.2, -0.15) is 0 Å². The molecular weight excluding hydrogens is 376 g/mol. The first-order valence-corrected chi connectivity index (χ1v) is 10.8. The SMILES string of the molecule is CN=C(NCc1cc(N(C)C)nc2ccccc12)NCC(C(C)C)N1CCOCC1. The first-order chi connectivity index (χ1) is 14.5. The number of fused-ring (bicyclic) bond motifs is 1. The molecule has 1 aliphatic heterocycles. The maximum atomic E-state index is 5.52. The van der Waals surface area contributed by atoms with Gasteiger partial charge in [0, 0.05) is 58.8 Å². The topological polar surface area (TPSA) is 65.0 Å². The van der Waals surface area contributed by atoms with Gasteiger partial charge in [0.1, 0.15) is 5.82 Å². The number of morpholine rings is 1. The smallest absolute Gasteiger partial charge is 0.191 e. The van der Waals surface area contributed by atoms with E-state index in [1.54, 1.807) is 0 Å². The van der Waals surface area contributed by atoms with Gasteiger partial charge in [-0.1, -0.05) is 32.0 Å². The number of aromatic nitrogens is 1. The van der Waals surface area contributed by atoms with Gasteiger partial charge < -0.3 is 20.3 Å². The molecule has 2 heterocycles. The molecule has 0 saturated carbocycles. The summed E-state index contributed by atoms with van der Waals surface area (Å²) in [5, 5.41) is 8.19. The molecule has 1 aliphatic rings. The quantitative estimate of drug-likeness (QED) is 0.538.